The third-order valence-electron chi connectivity index (χ3n) is 2.19. The maximum atomic E-state index is 9.56. The van der Waals surface area contributed by atoms with Crippen molar-refractivity contribution >= 4 is 0 Å². The van der Waals surface area contributed by atoms with Gasteiger partial charge in [-0.25, -0.2) is 0 Å². The number of phenolic OH excluding ortho intramolecular Hbond substituents is 1. The Morgan fingerprint density at radius 1 is 1.15 bits per heavy atom. The molecule has 0 bridgehead atoms. The van der Waals surface area contributed by atoms with Crippen molar-refractivity contribution in [3.63, 3.8) is 0 Å². The second-order valence-electron chi connectivity index (χ2n) is 4.18. The first-order valence-electron chi connectivity index (χ1n) is 4.79. The van der Waals surface area contributed by atoms with E-state index in [1.165, 1.54) is 5.56 Å². The van der Waals surface area contributed by atoms with Crippen molar-refractivity contribution in [3.05, 3.63) is 28.8 Å². The second-order valence-corrected chi connectivity index (χ2v) is 4.18. The molecular formula is C12H18O. The normalized spacial score (nSPS) is 10.8. The van der Waals surface area contributed by atoms with Crippen molar-refractivity contribution in [3.8, 4) is 5.75 Å². The highest BCUT2D eigenvalue weighted by atomic mass is 16.3. The summed E-state index contributed by atoms with van der Waals surface area (Å²) in [5, 5.41) is 9.56. The molecule has 72 valence electrons. The average molecular weight is 178 g/mol. The van der Waals surface area contributed by atoms with Crippen LogP contribution < -0.4 is 0 Å². The summed E-state index contributed by atoms with van der Waals surface area (Å²) in [6, 6.07) is 4.14. The molecule has 0 amide bonds. The van der Waals surface area contributed by atoms with Gasteiger partial charge in [0.15, 0.2) is 0 Å². The fraction of sp³-hybridized carbons (Fsp3) is 0.500. The van der Waals surface area contributed by atoms with E-state index in [0.717, 1.165) is 17.5 Å². The van der Waals surface area contributed by atoms with Gasteiger partial charge in [0, 0.05) is 0 Å². The molecule has 0 saturated carbocycles. The van der Waals surface area contributed by atoms with Gasteiger partial charge in [0.2, 0.25) is 0 Å². The Balaban J connectivity index is 2.99. The molecule has 13 heavy (non-hydrogen) atoms. The van der Waals surface area contributed by atoms with Gasteiger partial charge < -0.3 is 5.11 Å². The SMILES string of the molecule is Cc1cc(CC(C)C)cc(C)c1O. The molecule has 0 atom stereocenters. The first kappa shape index (κ1) is 10.1. The molecule has 1 rings (SSSR count). The summed E-state index contributed by atoms with van der Waals surface area (Å²) in [5.74, 6) is 1.11. The summed E-state index contributed by atoms with van der Waals surface area (Å²) in [4.78, 5) is 0. The number of rotatable bonds is 2. The Morgan fingerprint density at radius 3 is 2.00 bits per heavy atom. The predicted octanol–water partition coefficient (Wildman–Crippen LogP) is 3.21. The van der Waals surface area contributed by atoms with E-state index in [-0.39, 0.29) is 0 Å². The fourth-order valence-corrected chi connectivity index (χ4v) is 1.63. The van der Waals surface area contributed by atoms with Crippen molar-refractivity contribution in [1.29, 1.82) is 0 Å². The van der Waals surface area contributed by atoms with E-state index in [1.54, 1.807) is 0 Å². The Kier molecular flexibility index (Phi) is 2.97. The summed E-state index contributed by atoms with van der Waals surface area (Å²) < 4.78 is 0. The maximum absolute atomic E-state index is 9.56. The van der Waals surface area contributed by atoms with Crippen LogP contribution in [0.25, 0.3) is 0 Å². The van der Waals surface area contributed by atoms with Crippen LogP contribution in [0.4, 0.5) is 0 Å². The molecular weight excluding hydrogens is 160 g/mol. The first-order chi connectivity index (χ1) is 6.00. The highest BCUT2D eigenvalue weighted by Gasteiger charge is 2.04. The molecule has 0 aliphatic carbocycles. The lowest BCUT2D eigenvalue weighted by molar-refractivity contribution is 0.466. The minimum Gasteiger partial charge on any atom is -0.507 e. The summed E-state index contributed by atoms with van der Waals surface area (Å²) in [6.07, 6.45) is 1.09. The van der Waals surface area contributed by atoms with E-state index in [0.29, 0.717) is 11.7 Å². The molecule has 1 nitrogen and oxygen atoms in total. The Bertz CT molecular complexity index is 277. The van der Waals surface area contributed by atoms with Gasteiger partial charge in [0.25, 0.3) is 0 Å². The molecule has 0 unspecified atom stereocenters. The number of aromatic hydroxyl groups is 1. The zero-order chi connectivity index (χ0) is 10.0. The number of hydrogen-bond donors (Lipinski definition) is 1. The number of benzene rings is 1. The van der Waals surface area contributed by atoms with Gasteiger partial charge in [-0.05, 0) is 42.9 Å². The monoisotopic (exact) mass is 178 g/mol. The molecule has 0 radical (unpaired) electrons. The summed E-state index contributed by atoms with van der Waals surface area (Å²) in [7, 11) is 0. The van der Waals surface area contributed by atoms with Crippen LogP contribution in [-0.4, -0.2) is 5.11 Å². The molecule has 0 heterocycles. The van der Waals surface area contributed by atoms with E-state index >= 15 is 0 Å². The van der Waals surface area contributed by atoms with Gasteiger partial charge in [-0.1, -0.05) is 26.0 Å². The van der Waals surface area contributed by atoms with Crippen LogP contribution >= 0.6 is 0 Å². The van der Waals surface area contributed by atoms with Crippen LogP contribution in [0.1, 0.15) is 30.5 Å². The molecule has 1 aromatic rings. The van der Waals surface area contributed by atoms with Gasteiger partial charge in [0.05, 0.1) is 0 Å². The molecule has 0 aromatic heterocycles. The summed E-state index contributed by atoms with van der Waals surface area (Å²) in [6.45, 7) is 8.31. The molecule has 0 aliphatic heterocycles. The van der Waals surface area contributed by atoms with E-state index in [2.05, 4.69) is 26.0 Å². The Morgan fingerprint density at radius 2 is 1.62 bits per heavy atom. The molecule has 1 heteroatoms. The first-order valence-corrected chi connectivity index (χ1v) is 4.79. The smallest absolute Gasteiger partial charge is 0.121 e. The lowest BCUT2D eigenvalue weighted by Crippen LogP contribution is -1.95. The van der Waals surface area contributed by atoms with E-state index < -0.39 is 0 Å². The molecule has 0 fully saturated rings. The third-order valence-corrected chi connectivity index (χ3v) is 2.19. The minimum atomic E-state index is 0.438. The number of hydrogen-bond acceptors (Lipinski definition) is 1. The van der Waals surface area contributed by atoms with Crippen LogP contribution in [0.15, 0.2) is 12.1 Å². The Hall–Kier alpha value is -0.980. The fourth-order valence-electron chi connectivity index (χ4n) is 1.63. The zero-order valence-corrected chi connectivity index (χ0v) is 8.89. The third kappa shape index (κ3) is 2.48. The topological polar surface area (TPSA) is 20.2 Å². The highest BCUT2D eigenvalue weighted by molar-refractivity contribution is 5.42. The highest BCUT2D eigenvalue weighted by Crippen LogP contribution is 2.24. The van der Waals surface area contributed by atoms with E-state index in [9.17, 15) is 5.11 Å². The second kappa shape index (κ2) is 3.82. The van der Waals surface area contributed by atoms with Crippen LogP contribution in [0.5, 0.6) is 5.75 Å². The van der Waals surface area contributed by atoms with Gasteiger partial charge in [-0.2, -0.15) is 0 Å². The average Bonchev–Trinajstić information content (AvgIpc) is 1.98. The lowest BCUT2D eigenvalue weighted by Gasteiger charge is -2.09. The molecule has 1 aromatic carbocycles. The van der Waals surface area contributed by atoms with Crippen LogP contribution in [0.3, 0.4) is 0 Å². The van der Waals surface area contributed by atoms with Gasteiger partial charge in [0.1, 0.15) is 5.75 Å². The lowest BCUT2D eigenvalue weighted by atomic mass is 9.98. The Labute approximate surface area is 80.4 Å². The van der Waals surface area contributed by atoms with Crippen LogP contribution in [0, 0.1) is 19.8 Å². The quantitative estimate of drug-likeness (QED) is 0.737. The van der Waals surface area contributed by atoms with Gasteiger partial charge >= 0.3 is 0 Å². The van der Waals surface area contributed by atoms with E-state index in [4.69, 9.17) is 0 Å². The maximum Gasteiger partial charge on any atom is 0.121 e. The van der Waals surface area contributed by atoms with Crippen LogP contribution in [0.2, 0.25) is 0 Å². The van der Waals surface area contributed by atoms with Gasteiger partial charge in [-0.3, -0.25) is 0 Å². The van der Waals surface area contributed by atoms with E-state index in [1.807, 2.05) is 13.8 Å². The van der Waals surface area contributed by atoms with Crippen molar-refractivity contribution in [2.75, 3.05) is 0 Å². The van der Waals surface area contributed by atoms with Gasteiger partial charge in [-0.15, -0.1) is 0 Å². The number of phenols is 1. The minimum absolute atomic E-state index is 0.438. The molecule has 0 spiro atoms. The molecule has 0 aliphatic rings. The molecule has 1 N–H and O–H groups in total. The summed E-state index contributed by atoms with van der Waals surface area (Å²) in [5.41, 5.74) is 3.29. The largest absolute Gasteiger partial charge is 0.507 e. The van der Waals surface area contributed by atoms with Crippen LogP contribution in [-0.2, 0) is 6.42 Å². The van der Waals surface area contributed by atoms with Crippen molar-refractivity contribution in [1.82, 2.24) is 0 Å². The zero-order valence-electron chi connectivity index (χ0n) is 8.89. The molecule has 0 saturated heterocycles. The summed E-state index contributed by atoms with van der Waals surface area (Å²) >= 11 is 0. The van der Waals surface area contributed by atoms with Crippen molar-refractivity contribution in [2.24, 2.45) is 5.92 Å². The predicted molar refractivity (Wildman–Crippen MR) is 56.1 cm³/mol. The van der Waals surface area contributed by atoms with Crippen molar-refractivity contribution in [2.45, 2.75) is 34.1 Å². The standard InChI is InChI=1S/C12H18O/c1-8(2)5-11-6-9(3)12(13)10(4)7-11/h6-8,13H,5H2,1-4H3. The van der Waals surface area contributed by atoms with Crippen molar-refractivity contribution < 1.29 is 5.11 Å². The number of aryl methyl sites for hydroxylation is 2.